The lowest BCUT2D eigenvalue weighted by Gasteiger charge is -2.29. The van der Waals surface area contributed by atoms with Gasteiger partial charge in [0.1, 0.15) is 5.76 Å². The zero-order valence-corrected chi connectivity index (χ0v) is 18.8. The van der Waals surface area contributed by atoms with Crippen LogP contribution in [-0.4, -0.2) is 48.4 Å². The number of aliphatic hydroxyl groups is 1. The molecule has 0 spiro atoms. The van der Waals surface area contributed by atoms with Crippen molar-refractivity contribution in [3.8, 4) is 11.1 Å². The Kier molecular flexibility index (Phi) is 5.73. The van der Waals surface area contributed by atoms with Gasteiger partial charge >= 0.3 is 5.97 Å². The van der Waals surface area contributed by atoms with Crippen molar-refractivity contribution in [2.75, 3.05) is 36.5 Å². The van der Waals surface area contributed by atoms with E-state index in [1.807, 2.05) is 24.3 Å². The average Bonchev–Trinajstić information content (AvgIpc) is 3.18. The van der Waals surface area contributed by atoms with E-state index < -0.39 is 11.9 Å². The molecule has 0 saturated carbocycles. The molecule has 2 aliphatic heterocycles. The third-order valence-electron chi connectivity index (χ3n) is 6.03. The number of hydrogen-bond donors (Lipinski definition) is 3. The minimum Gasteiger partial charge on any atom is -0.506 e. The molecule has 7 nitrogen and oxygen atoms in total. The third kappa shape index (κ3) is 4.00. The normalized spacial score (nSPS) is 16.7. The summed E-state index contributed by atoms with van der Waals surface area (Å²) in [5.41, 5.74) is 3.99. The molecule has 0 aliphatic carbocycles. The predicted molar refractivity (Wildman–Crippen MR) is 131 cm³/mol. The highest BCUT2D eigenvalue weighted by Gasteiger charge is 2.30. The molecule has 0 bridgehead atoms. The van der Waals surface area contributed by atoms with Crippen molar-refractivity contribution >= 4 is 46.2 Å². The first-order valence-corrected chi connectivity index (χ1v) is 11.2. The highest BCUT2D eigenvalue weighted by Crippen LogP contribution is 2.42. The topological polar surface area (TPSA) is 99.1 Å². The van der Waals surface area contributed by atoms with Crippen LogP contribution in [0.4, 0.5) is 11.4 Å². The Labute approximate surface area is 200 Å². The molecule has 5 rings (SSSR count). The number of nitrogens with one attached hydrogen (secondary N) is 1. The van der Waals surface area contributed by atoms with Crippen LogP contribution in [0.5, 0.6) is 0 Å². The number of anilines is 2. The molecule has 1 amide bonds. The summed E-state index contributed by atoms with van der Waals surface area (Å²) in [6.45, 7) is 3.08. The summed E-state index contributed by atoms with van der Waals surface area (Å²) in [4.78, 5) is 26.3. The molecule has 1 fully saturated rings. The van der Waals surface area contributed by atoms with Gasteiger partial charge in [-0.1, -0.05) is 35.9 Å². The molecule has 3 N–H and O–H groups in total. The largest absolute Gasteiger partial charge is 0.506 e. The van der Waals surface area contributed by atoms with E-state index in [0.29, 0.717) is 29.5 Å². The highest BCUT2D eigenvalue weighted by molar-refractivity contribution is 6.38. The maximum Gasteiger partial charge on any atom is 0.335 e. The van der Waals surface area contributed by atoms with E-state index in [-0.39, 0.29) is 22.5 Å². The van der Waals surface area contributed by atoms with Gasteiger partial charge in [0.2, 0.25) is 0 Å². The van der Waals surface area contributed by atoms with Gasteiger partial charge in [-0.05, 0) is 42.0 Å². The first-order chi connectivity index (χ1) is 16.4. The number of carbonyl (C=O) groups excluding carboxylic acids is 1. The Morgan fingerprint density at radius 3 is 2.35 bits per heavy atom. The lowest BCUT2D eigenvalue weighted by molar-refractivity contribution is -0.110. The molecule has 0 aromatic heterocycles. The van der Waals surface area contributed by atoms with Gasteiger partial charge in [-0.25, -0.2) is 4.79 Å². The zero-order valence-electron chi connectivity index (χ0n) is 18.0. The molecule has 0 atom stereocenters. The van der Waals surface area contributed by atoms with E-state index in [0.717, 1.165) is 29.9 Å². The van der Waals surface area contributed by atoms with Crippen LogP contribution in [-0.2, 0) is 9.53 Å². The number of carboxylic acids is 1. The number of aromatic carboxylic acids is 1. The van der Waals surface area contributed by atoms with E-state index in [9.17, 15) is 19.8 Å². The Morgan fingerprint density at radius 1 is 0.941 bits per heavy atom. The number of nitrogens with zero attached hydrogens (tertiary/aromatic N) is 1. The summed E-state index contributed by atoms with van der Waals surface area (Å²) >= 11 is 6.56. The lowest BCUT2D eigenvalue weighted by Crippen LogP contribution is -2.36. The molecule has 2 heterocycles. The number of carboxylic acid groups (broad SMARTS) is 1. The minimum atomic E-state index is -1.12. The molecule has 8 heteroatoms. The van der Waals surface area contributed by atoms with Gasteiger partial charge in [0.05, 0.1) is 35.1 Å². The number of rotatable bonds is 4. The van der Waals surface area contributed by atoms with E-state index in [4.69, 9.17) is 16.3 Å². The number of hydrogen-bond acceptors (Lipinski definition) is 5. The van der Waals surface area contributed by atoms with Crippen LogP contribution in [0.25, 0.3) is 22.5 Å². The number of halogens is 1. The van der Waals surface area contributed by atoms with Crippen molar-refractivity contribution in [2.24, 2.45) is 0 Å². The van der Waals surface area contributed by atoms with Crippen molar-refractivity contribution in [3.63, 3.8) is 0 Å². The average molecular weight is 477 g/mol. The van der Waals surface area contributed by atoms with Crippen molar-refractivity contribution in [3.05, 3.63) is 82.4 Å². The highest BCUT2D eigenvalue weighted by atomic mass is 35.5. The lowest BCUT2D eigenvalue weighted by atomic mass is 9.96. The molecule has 3 aromatic rings. The number of ether oxygens (including phenoxy) is 1. The van der Waals surface area contributed by atoms with Crippen LogP contribution in [0.1, 0.15) is 21.5 Å². The predicted octanol–water partition coefficient (Wildman–Crippen LogP) is 4.92. The van der Waals surface area contributed by atoms with Crippen molar-refractivity contribution in [1.29, 1.82) is 0 Å². The van der Waals surface area contributed by atoms with Crippen LogP contribution >= 0.6 is 11.6 Å². The monoisotopic (exact) mass is 476 g/mol. The summed E-state index contributed by atoms with van der Waals surface area (Å²) in [6, 6.07) is 17.3. The maximum absolute atomic E-state index is 12.7. The fourth-order valence-electron chi connectivity index (χ4n) is 4.26. The van der Waals surface area contributed by atoms with E-state index in [2.05, 4.69) is 10.2 Å². The summed E-state index contributed by atoms with van der Waals surface area (Å²) in [5.74, 6) is -1.90. The first kappa shape index (κ1) is 22.0. The molecule has 0 radical (unpaired) electrons. The molecule has 2 aliphatic rings. The standard InChI is InChI=1S/C26H21ClN2O5/c27-21-14-22-20(13-19(21)15-4-6-18(7-5-15)29-8-10-34-11-9-29)23(25(31)28-22)24(30)16-2-1-3-17(12-16)26(32)33/h1-7,12-14,30H,8-11H2,(H,28,31)(H,32,33)/b24-23+. The van der Waals surface area contributed by atoms with Gasteiger partial charge in [0, 0.05) is 35.5 Å². The van der Waals surface area contributed by atoms with Gasteiger partial charge in [-0.15, -0.1) is 0 Å². The molecule has 1 saturated heterocycles. The summed E-state index contributed by atoms with van der Waals surface area (Å²) < 4.78 is 5.41. The summed E-state index contributed by atoms with van der Waals surface area (Å²) in [5, 5.41) is 23.4. The van der Waals surface area contributed by atoms with Crippen LogP contribution in [0.15, 0.2) is 60.7 Å². The summed E-state index contributed by atoms with van der Waals surface area (Å²) in [7, 11) is 0. The quantitative estimate of drug-likeness (QED) is 0.365. The van der Waals surface area contributed by atoms with Crippen LogP contribution in [0.3, 0.4) is 0 Å². The number of fused-ring (bicyclic) bond motifs is 1. The molecule has 0 unspecified atom stereocenters. The molecular weight excluding hydrogens is 456 g/mol. The third-order valence-corrected chi connectivity index (χ3v) is 6.34. The van der Waals surface area contributed by atoms with Crippen molar-refractivity contribution < 1.29 is 24.5 Å². The van der Waals surface area contributed by atoms with Gasteiger partial charge in [-0.3, -0.25) is 4.79 Å². The fourth-order valence-corrected chi connectivity index (χ4v) is 4.54. The van der Waals surface area contributed by atoms with Gasteiger partial charge in [0.15, 0.2) is 0 Å². The number of aliphatic hydroxyl groups excluding tert-OH is 1. The Morgan fingerprint density at radius 2 is 1.65 bits per heavy atom. The number of amides is 1. The molecule has 34 heavy (non-hydrogen) atoms. The Balaban J connectivity index is 1.54. The van der Waals surface area contributed by atoms with Gasteiger partial charge in [-0.2, -0.15) is 0 Å². The smallest absolute Gasteiger partial charge is 0.335 e. The van der Waals surface area contributed by atoms with Gasteiger partial charge < -0.3 is 25.2 Å². The number of morpholine rings is 1. The Hall–Kier alpha value is -3.81. The van der Waals surface area contributed by atoms with Crippen LogP contribution < -0.4 is 10.2 Å². The molecule has 172 valence electrons. The molecular formula is C26H21ClN2O5. The number of benzene rings is 3. The second-order valence-corrected chi connectivity index (χ2v) is 8.49. The maximum atomic E-state index is 12.7. The van der Waals surface area contributed by atoms with E-state index >= 15 is 0 Å². The number of carbonyl (C=O) groups is 2. The molecule has 3 aromatic carbocycles. The zero-order chi connectivity index (χ0) is 23.8. The second-order valence-electron chi connectivity index (χ2n) is 8.09. The minimum absolute atomic E-state index is 0.0143. The van der Waals surface area contributed by atoms with E-state index in [1.165, 1.54) is 18.2 Å². The van der Waals surface area contributed by atoms with Gasteiger partial charge in [0.25, 0.3) is 5.91 Å². The SMILES string of the molecule is O=C1Nc2cc(Cl)c(-c3ccc(N4CCOCC4)cc3)cc2/C1=C(\O)c1cccc(C(=O)O)c1. The van der Waals surface area contributed by atoms with E-state index in [1.54, 1.807) is 18.2 Å². The van der Waals surface area contributed by atoms with Crippen molar-refractivity contribution in [1.82, 2.24) is 0 Å². The van der Waals surface area contributed by atoms with Crippen LogP contribution in [0.2, 0.25) is 5.02 Å². The first-order valence-electron chi connectivity index (χ1n) is 10.8. The van der Waals surface area contributed by atoms with Crippen LogP contribution in [0, 0.1) is 0 Å². The van der Waals surface area contributed by atoms with Crippen molar-refractivity contribution in [2.45, 2.75) is 0 Å². The second kappa shape index (κ2) is 8.85. The Bertz CT molecular complexity index is 1330. The summed E-state index contributed by atoms with van der Waals surface area (Å²) in [6.07, 6.45) is 0. The fraction of sp³-hybridized carbons (Fsp3) is 0.154.